The molecule has 0 fully saturated rings. The van der Waals surface area contributed by atoms with E-state index in [1.807, 2.05) is 18.6 Å². The third-order valence-electron chi connectivity index (χ3n) is 14.4. The minimum absolute atomic E-state index is 0.00758. The van der Waals surface area contributed by atoms with Crippen molar-refractivity contribution in [2.45, 2.75) is 132 Å². The highest BCUT2D eigenvalue weighted by molar-refractivity contribution is 7.90. The zero-order chi connectivity index (χ0) is 72.6. The van der Waals surface area contributed by atoms with Crippen molar-refractivity contribution in [1.29, 1.82) is 0 Å². The number of hydrogen-bond donors (Lipinski definition) is 19. The molecule has 0 saturated heterocycles. The first-order valence-electron chi connectivity index (χ1n) is 31.0. The quantitative estimate of drug-likeness (QED) is 0.0114. The van der Waals surface area contributed by atoms with Gasteiger partial charge in [-0.1, -0.05) is 68.4 Å². The van der Waals surface area contributed by atoms with Gasteiger partial charge in [0.05, 0.1) is 24.6 Å². The number of phenols is 2. The number of hydrogen-bond acceptors (Lipinski definition) is 19. The van der Waals surface area contributed by atoms with Gasteiger partial charge in [-0.15, -0.1) is 0 Å². The van der Waals surface area contributed by atoms with Crippen LogP contribution >= 0.6 is 0 Å². The van der Waals surface area contributed by atoms with Gasteiger partial charge in [-0.25, -0.2) is 13.1 Å². The highest BCUT2D eigenvalue weighted by atomic mass is 32.2. The van der Waals surface area contributed by atoms with Gasteiger partial charge < -0.3 is 97.2 Å². The molecule has 0 saturated carbocycles. The molecule has 0 bridgehead atoms. The number of nitrogens with two attached hydrogens (primary N) is 5. The number of amides is 11. The Balaban J connectivity index is 1.54. The van der Waals surface area contributed by atoms with Crippen molar-refractivity contribution in [2.24, 2.45) is 44.6 Å². The van der Waals surface area contributed by atoms with Gasteiger partial charge in [0.1, 0.15) is 59.8 Å². The molecule has 34 nitrogen and oxygen atoms in total. The topological polar surface area (TPSA) is 570 Å². The molecule has 35 heteroatoms. The summed E-state index contributed by atoms with van der Waals surface area (Å²) in [5.74, 6) is -10.4. The van der Waals surface area contributed by atoms with Crippen molar-refractivity contribution in [1.82, 2.24) is 52.6 Å². The van der Waals surface area contributed by atoms with Crippen LogP contribution in [0.5, 0.6) is 11.5 Å². The Labute approximate surface area is 565 Å². The molecule has 0 aliphatic carbocycles. The summed E-state index contributed by atoms with van der Waals surface area (Å²) in [7, 11) is -4.73. The SMILES string of the molecule is CC(=O)N[C@@H](CO)C(=O)N[C@@H](Cc1ccc(O)cc1)C(=O)N[C@@H](CCCN=C(N)N)C(=O)NCC(=O)N[C@@H](Cc1ccccc1)C(=O)NS(=O)(=O)c1ccc(N[C@@H](CC(C)C)C(=O)N[C@@H](Cc2ccc(O)cc2)C(=O)N[C@@H](CCCN=C(N)N)C(=O)N[C@@H](C)C(=O)NCC(N)=O)cc1. The number of carbonyl (C=O) groups is 11. The van der Waals surface area contributed by atoms with Crippen LogP contribution in [0.4, 0.5) is 5.69 Å². The van der Waals surface area contributed by atoms with Crippen molar-refractivity contribution in [2.75, 3.05) is 38.1 Å². The monoisotopic (exact) mass is 1380 g/mol. The van der Waals surface area contributed by atoms with Gasteiger partial charge in [0.15, 0.2) is 11.9 Å². The van der Waals surface area contributed by atoms with Crippen molar-refractivity contribution < 1.29 is 76.5 Å². The molecular formula is C63H88N18O16S. The lowest BCUT2D eigenvalue weighted by atomic mass is 10.00. The van der Waals surface area contributed by atoms with E-state index in [1.54, 1.807) is 30.3 Å². The predicted octanol–water partition coefficient (Wildman–Crippen LogP) is -4.29. The number of guanidine groups is 2. The van der Waals surface area contributed by atoms with Gasteiger partial charge in [-0.3, -0.25) is 62.7 Å². The van der Waals surface area contributed by atoms with E-state index < -0.39 is 148 Å². The second-order valence-corrected chi connectivity index (χ2v) is 24.8. The van der Waals surface area contributed by atoms with E-state index in [9.17, 15) is 76.5 Å². The van der Waals surface area contributed by atoms with E-state index in [1.165, 1.54) is 67.6 Å². The van der Waals surface area contributed by atoms with Gasteiger partial charge >= 0.3 is 0 Å². The van der Waals surface area contributed by atoms with Gasteiger partial charge in [-0.2, -0.15) is 0 Å². The van der Waals surface area contributed by atoms with Crippen molar-refractivity contribution in [3.05, 3.63) is 120 Å². The minimum atomic E-state index is -4.73. The summed E-state index contributed by atoms with van der Waals surface area (Å²) in [6.45, 7) is 3.97. The lowest BCUT2D eigenvalue weighted by molar-refractivity contribution is -0.134. The average Bonchev–Trinajstić information content (AvgIpc) is 0.829. The van der Waals surface area contributed by atoms with Gasteiger partial charge in [0.25, 0.3) is 15.9 Å². The molecule has 0 unspecified atom stereocenters. The molecule has 11 amide bonds. The molecule has 24 N–H and O–H groups in total. The fraction of sp³-hybridized carbons (Fsp3) is 0.413. The Bertz CT molecular complexity index is 3560. The molecule has 0 aliphatic heterocycles. The zero-order valence-corrected chi connectivity index (χ0v) is 55.4. The molecule has 4 aromatic carbocycles. The summed E-state index contributed by atoms with van der Waals surface area (Å²) in [6.07, 6.45) is -0.421. The lowest BCUT2D eigenvalue weighted by Crippen LogP contribution is -2.58. The highest BCUT2D eigenvalue weighted by Crippen LogP contribution is 2.20. The van der Waals surface area contributed by atoms with E-state index in [0.29, 0.717) is 16.7 Å². The number of benzene rings is 4. The standard InChI is InChI=1S/C63H88N18O16S/c1-35(2)28-47(57(91)79-48(30-39-14-20-42(84)21-15-39)59(93)78-46(13-9-27-70-63(67)68)56(90)73-36(3)54(88)71-32-52(64)86)75-41-18-24-44(25-19-41)98(96,97)81-61(95)50(29-38-10-6-5-7-11-38)76-53(87)33-72-55(89)45(12-8-26-69-62(65)66)77-58(92)49(31-40-16-22-43(85)23-17-40)80-60(94)51(34-82)74-37(4)83/h5-7,10-11,14-25,35-36,45-51,75,82,84-85H,8-9,12-13,26-34H2,1-4H3,(H2,64,86)(H,71,88)(H,72,89)(H,73,90)(H,74,83)(H,76,87)(H,77,92)(H,78,93)(H,79,91)(H,80,94)(H,81,95)(H4,65,66,69)(H4,67,68,70)/t36-,45-,46-,47-,48-,49-,50-,51-/m0/s1. The van der Waals surface area contributed by atoms with E-state index in [4.69, 9.17) is 28.7 Å². The molecule has 0 spiro atoms. The Morgan fingerprint density at radius 1 is 0.469 bits per heavy atom. The number of nitrogens with one attached hydrogen (secondary N) is 11. The maximum atomic E-state index is 14.4. The van der Waals surface area contributed by atoms with Gasteiger partial charge in [0, 0.05) is 45.0 Å². The van der Waals surface area contributed by atoms with Crippen LogP contribution < -0.4 is 86.6 Å². The number of aliphatic imine (C=N–C) groups is 2. The summed E-state index contributed by atoms with van der Waals surface area (Å²) in [6, 6.07) is 13.5. The fourth-order valence-electron chi connectivity index (χ4n) is 9.43. The smallest absolute Gasteiger partial charge is 0.264 e. The third-order valence-corrected chi connectivity index (χ3v) is 15.7. The Morgan fingerprint density at radius 2 is 0.898 bits per heavy atom. The summed E-state index contributed by atoms with van der Waals surface area (Å²) in [5.41, 5.74) is 28.7. The fourth-order valence-corrected chi connectivity index (χ4v) is 10.4. The van der Waals surface area contributed by atoms with Crippen LogP contribution in [0.3, 0.4) is 0 Å². The highest BCUT2D eigenvalue weighted by Gasteiger charge is 2.34. The minimum Gasteiger partial charge on any atom is -0.508 e. The molecule has 98 heavy (non-hydrogen) atoms. The molecule has 0 aliphatic rings. The molecule has 0 radical (unpaired) electrons. The van der Waals surface area contributed by atoms with Crippen LogP contribution in [0.2, 0.25) is 0 Å². The Kier molecular flexibility index (Phi) is 32.1. The molecule has 8 atom stereocenters. The van der Waals surface area contributed by atoms with Gasteiger partial charge in [0.2, 0.25) is 59.1 Å². The molecule has 0 heterocycles. The van der Waals surface area contributed by atoms with Crippen LogP contribution in [0.15, 0.2) is 118 Å². The van der Waals surface area contributed by atoms with Crippen LogP contribution in [-0.2, 0) is 82.0 Å². The van der Waals surface area contributed by atoms with Crippen LogP contribution in [0.25, 0.3) is 0 Å². The van der Waals surface area contributed by atoms with Crippen molar-refractivity contribution in [3.8, 4) is 11.5 Å². The Hall–Kier alpha value is -11.1. The Morgan fingerprint density at radius 3 is 1.36 bits per heavy atom. The number of aliphatic hydroxyl groups excluding tert-OH is 1. The second kappa shape index (κ2) is 39.7. The largest absolute Gasteiger partial charge is 0.508 e. The maximum Gasteiger partial charge on any atom is 0.264 e. The number of anilines is 1. The summed E-state index contributed by atoms with van der Waals surface area (Å²) in [5, 5.41) is 55.1. The third kappa shape index (κ3) is 28.9. The van der Waals surface area contributed by atoms with E-state index in [-0.39, 0.29) is 99.5 Å². The van der Waals surface area contributed by atoms with Crippen molar-refractivity contribution >= 4 is 92.6 Å². The first kappa shape index (κ1) is 79.3. The normalized spacial score (nSPS) is 13.4. The first-order chi connectivity index (χ1) is 46.3. The number of primary amides is 1. The number of phenolic OH excluding ortho intramolecular Hbond substituents is 2. The summed E-state index contributed by atoms with van der Waals surface area (Å²) >= 11 is 0. The zero-order valence-electron chi connectivity index (χ0n) is 54.5. The van der Waals surface area contributed by atoms with Gasteiger partial charge in [-0.05, 0) is 110 Å². The summed E-state index contributed by atoms with van der Waals surface area (Å²) < 4.78 is 30.0. The number of nitrogens with zero attached hydrogens (tertiary/aromatic N) is 2. The number of carbonyl (C=O) groups excluding carboxylic acids is 11. The second-order valence-electron chi connectivity index (χ2n) is 23.1. The summed E-state index contributed by atoms with van der Waals surface area (Å²) in [4.78, 5) is 155. The predicted molar refractivity (Wildman–Crippen MR) is 359 cm³/mol. The number of rotatable bonds is 40. The van der Waals surface area contributed by atoms with Crippen LogP contribution in [0.1, 0.15) is 76.5 Å². The lowest BCUT2D eigenvalue weighted by Gasteiger charge is -2.27. The number of sulfonamides is 1. The van der Waals surface area contributed by atoms with Crippen LogP contribution in [0, 0.1) is 5.92 Å². The van der Waals surface area contributed by atoms with Crippen LogP contribution in [-0.4, -0.2) is 182 Å². The average molecular weight is 1390 g/mol. The van der Waals surface area contributed by atoms with E-state index >= 15 is 0 Å². The molecule has 0 aromatic heterocycles. The molecule has 532 valence electrons. The van der Waals surface area contributed by atoms with E-state index in [2.05, 4.69) is 63.2 Å². The van der Waals surface area contributed by atoms with E-state index in [0.717, 1.165) is 19.1 Å². The first-order valence-corrected chi connectivity index (χ1v) is 32.5. The molecule has 4 rings (SSSR count). The number of aliphatic hydroxyl groups is 1. The maximum absolute atomic E-state index is 14.4. The van der Waals surface area contributed by atoms with Crippen molar-refractivity contribution in [3.63, 3.8) is 0 Å². The number of aromatic hydroxyl groups is 2. The molecule has 4 aromatic rings. The molecular weight excluding hydrogens is 1300 g/mol.